The summed E-state index contributed by atoms with van der Waals surface area (Å²) in [5, 5.41) is 8.47. The summed E-state index contributed by atoms with van der Waals surface area (Å²) in [6, 6.07) is 9.81. The molecule has 0 aliphatic rings. The van der Waals surface area contributed by atoms with Crippen LogP contribution >= 0.6 is 12.4 Å². The summed E-state index contributed by atoms with van der Waals surface area (Å²) in [4.78, 5) is 10.3. The van der Waals surface area contributed by atoms with Gasteiger partial charge >= 0.3 is 5.97 Å². The maximum Gasteiger partial charge on any atom is 0.303 e. The fourth-order valence-corrected chi connectivity index (χ4v) is 1.33. The zero-order valence-corrected chi connectivity index (χ0v) is 9.24. The smallest absolute Gasteiger partial charge is 0.303 e. The van der Waals surface area contributed by atoms with Crippen LogP contribution in [0.2, 0.25) is 0 Å². The van der Waals surface area contributed by atoms with E-state index in [2.05, 4.69) is 0 Å². The van der Waals surface area contributed by atoms with Crippen LogP contribution in [0, 0.1) is 0 Å². The molecule has 0 saturated heterocycles. The second-order valence-electron chi connectivity index (χ2n) is 3.38. The van der Waals surface area contributed by atoms with Gasteiger partial charge in [-0.15, -0.1) is 12.4 Å². The molecule has 1 atom stereocenters. The molecule has 0 saturated carbocycles. The van der Waals surface area contributed by atoms with E-state index in [0.717, 1.165) is 12.0 Å². The number of hydrogen-bond donors (Lipinski definition) is 2. The van der Waals surface area contributed by atoms with Gasteiger partial charge in [-0.05, 0) is 18.4 Å². The predicted molar refractivity (Wildman–Crippen MR) is 62.2 cm³/mol. The van der Waals surface area contributed by atoms with E-state index < -0.39 is 5.97 Å². The molecule has 0 aromatic heterocycles. The second kappa shape index (κ2) is 7.26. The average molecular weight is 230 g/mol. The number of hydrogen-bond acceptors (Lipinski definition) is 2. The van der Waals surface area contributed by atoms with E-state index in [9.17, 15) is 4.79 Å². The molecule has 1 rings (SSSR count). The summed E-state index contributed by atoms with van der Waals surface area (Å²) in [5.41, 5.74) is 6.95. The number of rotatable bonds is 5. The standard InChI is InChI=1S/C11H15NO2.ClH/c12-10(6-7-11(13)14)8-9-4-2-1-3-5-9;/h1-5,10H,6-8,12H2,(H,13,14);1H. The Balaban J connectivity index is 0.00000196. The number of aliphatic carboxylic acids is 1. The molecule has 0 aliphatic heterocycles. The maximum absolute atomic E-state index is 10.3. The molecule has 3 nitrogen and oxygen atoms in total. The van der Waals surface area contributed by atoms with Crippen LogP contribution < -0.4 is 5.73 Å². The van der Waals surface area contributed by atoms with Gasteiger partial charge < -0.3 is 10.8 Å². The number of halogens is 1. The molecule has 0 amide bonds. The first-order valence-corrected chi connectivity index (χ1v) is 4.70. The quantitative estimate of drug-likeness (QED) is 0.810. The van der Waals surface area contributed by atoms with Crippen LogP contribution in [0.4, 0.5) is 0 Å². The van der Waals surface area contributed by atoms with E-state index in [1.54, 1.807) is 0 Å². The van der Waals surface area contributed by atoms with Crippen LogP contribution in [0.15, 0.2) is 30.3 Å². The van der Waals surface area contributed by atoms with Crippen molar-refractivity contribution in [2.75, 3.05) is 0 Å². The van der Waals surface area contributed by atoms with Gasteiger partial charge in [0, 0.05) is 12.5 Å². The molecule has 3 N–H and O–H groups in total. The minimum absolute atomic E-state index is 0. The molecular formula is C11H16ClNO2. The zero-order valence-electron chi connectivity index (χ0n) is 8.43. The highest BCUT2D eigenvalue weighted by Crippen LogP contribution is 2.05. The predicted octanol–water partition coefficient (Wildman–Crippen LogP) is 1.84. The van der Waals surface area contributed by atoms with Crippen molar-refractivity contribution in [2.24, 2.45) is 5.73 Å². The summed E-state index contributed by atoms with van der Waals surface area (Å²) in [5.74, 6) is -0.784. The van der Waals surface area contributed by atoms with Crippen LogP contribution in [-0.2, 0) is 11.2 Å². The number of carboxylic acids is 1. The Hall–Kier alpha value is -1.06. The highest BCUT2D eigenvalue weighted by atomic mass is 35.5. The number of carboxylic acid groups (broad SMARTS) is 1. The molecule has 0 fully saturated rings. The third kappa shape index (κ3) is 6.10. The van der Waals surface area contributed by atoms with Crippen molar-refractivity contribution in [3.63, 3.8) is 0 Å². The zero-order chi connectivity index (χ0) is 10.4. The molecule has 4 heteroatoms. The topological polar surface area (TPSA) is 63.3 Å². The maximum atomic E-state index is 10.3. The molecule has 15 heavy (non-hydrogen) atoms. The van der Waals surface area contributed by atoms with Crippen LogP contribution in [0.3, 0.4) is 0 Å². The van der Waals surface area contributed by atoms with Gasteiger partial charge in [-0.2, -0.15) is 0 Å². The molecule has 1 aromatic rings. The van der Waals surface area contributed by atoms with Gasteiger partial charge in [0.15, 0.2) is 0 Å². The lowest BCUT2D eigenvalue weighted by Gasteiger charge is -2.09. The van der Waals surface area contributed by atoms with Crippen LogP contribution in [0.1, 0.15) is 18.4 Å². The Bertz CT molecular complexity index is 290. The van der Waals surface area contributed by atoms with Gasteiger partial charge in [0.05, 0.1) is 0 Å². The molecule has 1 unspecified atom stereocenters. The van der Waals surface area contributed by atoms with E-state index in [0.29, 0.717) is 6.42 Å². The van der Waals surface area contributed by atoms with Gasteiger partial charge in [0.2, 0.25) is 0 Å². The summed E-state index contributed by atoms with van der Waals surface area (Å²) < 4.78 is 0. The van der Waals surface area contributed by atoms with Crippen molar-refractivity contribution in [3.05, 3.63) is 35.9 Å². The van der Waals surface area contributed by atoms with E-state index in [-0.39, 0.29) is 24.9 Å². The van der Waals surface area contributed by atoms with Crippen molar-refractivity contribution >= 4 is 18.4 Å². The summed E-state index contributed by atoms with van der Waals surface area (Å²) >= 11 is 0. The second-order valence-corrected chi connectivity index (χ2v) is 3.38. The molecule has 84 valence electrons. The lowest BCUT2D eigenvalue weighted by Crippen LogP contribution is -2.23. The van der Waals surface area contributed by atoms with Crippen molar-refractivity contribution in [1.82, 2.24) is 0 Å². The van der Waals surface area contributed by atoms with Crippen LogP contribution in [0.25, 0.3) is 0 Å². The molecule has 0 aliphatic carbocycles. The van der Waals surface area contributed by atoms with E-state index in [1.807, 2.05) is 30.3 Å². The third-order valence-corrected chi connectivity index (χ3v) is 2.07. The van der Waals surface area contributed by atoms with Crippen molar-refractivity contribution < 1.29 is 9.90 Å². The lowest BCUT2D eigenvalue weighted by atomic mass is 10.0. The fourth-order valence-electron chi connectivity index (χ4n) is 1.33. The molecule has 1 aromatic carbocycles. The largest absolute Gasteiger partial charge is 0.481 e. The van der Waals surface area contributed by atoms with Gasteiger partial charge in [0.1, 0.15) is 0 Å². The Labute approximate surface area is 95.7 Å². The lowest BCUT2D eigenvalue weighted by molar-refractivity contribution is -0.137. The SMILES string of the molecule is Cl.NC(CCC(=O)O)Cc1ccccc1. The molecule has 0 spiro atoms. The Kier molecular flexibility index (Phi) is 6.75. The molecule has 0 heterocycles. The summed E-state index contributed by atoms with van der Waals surface area (Å²) in [6.07, 6.45) is 1.42. The van der Waals surface area contributed by atoms with E-state index >= 15 is 0 Å². The molecule has 0 bridgehead atoms. The monoisotopic (exact) mass is 229 g/mol. The Morgan fingerprint density at radius 2 is 1.93 bits per heavy atom. The first-order chi connectivity index (χ1) is 6.68. The van der Waals surface area contributed by atoms with Gasteiger partial charge in [-0.1, -0.05) is 30.3 Å². The highest BCUT2D eigenvalue weighted by molar-refractivity contribution is 5.85. The molecular weight excluding hydrogens is 214 g/mol. The summed E-state index contributed by atoms with van der Waals surface area (Å²) in [7, 11) is 0. The normalized spacial score (nSPS) is 11.5. The first-order valence-electron chi connectivity index (χ1n) is 4.70. The number of carbonyl (C=O) groups is 1. The fraction of sp³-hybridized carbons (Fsp3) is 0.364. The average Bonchev–Trinajstić information content (AvgIpc) is 2.16. The minimum atomic E-state index is -0.784. The van der Waals surface area contributed by atoms with Crippen molar-refractivity contribution in [1.29, 1.82) is 0 Å². The Morgan fingerprint density at radius 3 is 2.47 bits per heavy atom. The molecule has 0 radical (unpaired) electrons. The number of benzene rings is 1. The van der Waals surface area contributed by atoms with E-state index in [4.69, 9.17) is 10.8 Å². The van der Waals surface area contributed by atoms with Gasteiger partial charge in [0.25, 0.3) is 0 Å². The number of nitrogens with two attached hydrogens (primary N) is 1. The highest BCUT2D eigenvalue weighted by Gasteiger charge is 2.06. The Morgan fingerprint density at radius 1 is 1.33 bits per heavy atom. The van der Waals surface area contributed by atoms with Crippen molar-refractivity contribution in [3.8, 4) is 0 Å². The first kappa shape index (κ1) is 13.9. The third-order valence-electron chi connectivity index (χ3n) is 2.07. The van der Waals surface area contributed by atoms with Gasteiger partial charge in [-0.3, -0.25) is 4.79 Å². The van der Waals surface area contributed by atoms with Crippen LogP contribution in [-0.4, -0.2) is 17.1 Å². The van der Waals surface area contributed by atoms with Crippen molar-refractivity contribution in [2.45, 2.75) is 25.3 Å². The van der Waals surface area contributed by atoms with Gasteiger partial charge in [-0.25, -0.2) is 0 Å². The van der Waals surface area contributed by atoms with E-state index in [1.165, 1.54) is 0 Å². The summed E-state index contributed by atoms with van der Waals surface area (Å²) in [6.45, 7) is 0. The minimum Gasteiger partial charge on any atom is -0.481 e. The van der Waals surface area contributed by atoms with Crippen LogP contribution in [0.5, 0.6) is 0 Å².